The first-order chi connectivity index (χ1) is 4.70. The Balaban J connectivity index is 1.80. The van der Waals surface area contributed by atoms with Crippen LogP contribution >= 0.6 is 0 Å². The molecule has 2 saturated carbocycles. The molecule has 0 aromatic heterocycles. The smallest absolute Gasteiger partial charge is 0.0241 e. The summed E-state index contributed by atoms with van der Waals surface area (Å²) in [5.74, 6) is 2.79. The molecule has 0 N–H and O–H groups in total. The van der Waals surface area contributed by atoms with Crippen LogP contribution in [-0.4, -0.2) is 0 Å². The second-order valence-electron chi connectivity index (χ2n) is 4.60. The van der Waals surface area contributed by atoms with Crippen LogP contribution in [0.1, 0.15) is 46.0 Å². The van der Waals surface area contributed by atoms with Crippen LogP contribution in [0, 0.1) is 17.3 Å². The molecule has 0 heteroatoms. The van der Waals surface area contributed by atoms with Crippen LogP contribution < -0.4 is 0 Å². The second kappa shape index (κ2) is 1.99. The van der Waals surface area contributed by atoms with Gasteiger partial charge in [-0.2, -0.15) is 0 Å². The highest BCUT2D eigenvalue weighted by Gasteiger charge is 2.42. The maximum atomic E-state index is 2.44. The Morgan fingerprint density at radius 1 is 1.50 bits per heavy atom. The van der Waals surface area contributed by atoms with Gasteiger partial charge in [-0.3, -0.25) is 0 Å². The predicted octanol–water partition coefficient (Wildman–Crippen LogP) is 3.18. The molecule has 1 radical (unpaired) electrons. The van der Waals surface area contributed by atoms with Gasteiger partial charge in [0.2, 0.25) is 0 Å². The van der Waals surface area contributed by atoms with E-state index in [0.717, 1.165) is 11.3 Å². The van der Waals surface area contributed by atoms with E-state index in [1.165, 1.54) is 32.1 Å². The van der Waals surface area contributed by atoms with Crippen molar-refractivity contribution in [1.29, 1.82) is 0 Å². The lowest BCUT2D eigenvalue weighted by atomic mass is 9.70. The van der Waals surface area contributed by atoms with Gasteiger partial charge in [-0.05, 0) is 49.4 Å². The van der Waals surface area contributed by atoms with Crippen LogP contribution in [-0.2, 0) is 0 Å². The minimum Gasteiger partial charge on any atom is -0.0596 e. The molecular weight excluding hydrogens is 120 g/mol. The molecule has 0 aromatic carbocycles. The van der Waals surface area contributed by atoms with Crippen LogP contribution in [0.3, 0.4) is 0 Å². The quantitative estimate of drug-likeness (QED) is 0.548. The molecule has 1 unspecified atom stereocenters. The molecule has 10 heavy (non-hydrogen) atoms. The van der Waals surface area contributed by atoms with E-state index >= 15 is 0 Å². The van der Waals surface area contributed by atoms with Gasteiger partial charge in [-0.15, -0.1) is 0 Å². The molecule has 0 amide bonds. The third-order valence-electron chi connectivity index (χ3n) is 3.43. The molecule has 57 valence electrons. The molecule has 0 nitrogen and oxygen atoms in total. The lowest BCUT2D eigenvalue weighted by Crippen LogP contribution is -2.23. The summed E-state index contributed by atoms with van der Waals surface area (Å²) in [6.45, 7) is 4.78. The fourth-order valence-electron chi connectivity index (χ4n) is 1.93. The summed E-state index contributed by atoms with van der Waals surface area (Å²) in [5, 5.41) is 0. The lowest BCUT2D eigenvalue weighted by molar-refractivity contribution is 0.285. The van der Waals surface area contributed by atoms with Gasteiger partial charge in [0.15, 0.2) is 0 Å². The van der Waals surface area contributed by atoms with Crippen molar-refractivity contribution < 1.29 is 0 Å². The standard InChI is InChI=1S/C10H17/c1-8-3-4-9(8)7-10(2)5-6-10/h9H,3-7H2,1-2H3. The fourth-order valence-corrected chi connectivity index (χ4v) is 1.93. The van der Waals surface area contributed by atoms with Gasteiger partial charge in [-0.1, -0.05) is 13.8 Å². The van der Waals surface area contributed by atoms with Crippen molar-refractivity contribution in [2.24, 2.45) is 11.3 Å². The first-order valence-electron chi connectivity index (χ1n) is 4.52. The van der Waals surface area contributed by atoms with Gasteiger partial charge in [0.1, 0.15) is 0 Å². The van der Waals surface area contributed by atoms with E-state index < -0.39 is 0 Å². The molecule has 1 atom stereocenters. The molecule has 0 aromatic rings. The molecule has 2 fully saturated rings. The Morgan fingerprint density at radius 2 is 2.20 bits per heavy atom. The van der Waals surface area contributed by atoms with E-state index in [4.69, 9.17) is 0 Å². The third-order valence-corrected chi connectivity index (χ3v) is 3.43. The minimum atomic E-state index is 0.784. The van der Waals surface area contributed by atoms with Crippen molar-refractivity contribution in [3.8, 4) is 0 Å². The van der Waals surface area contributed by atoms with Crippen molar-refractivity contribution in [2.45, 2.75) is 46.0 Å². The zero-order chi connectivity index (χ0) is 7.19. The second-order valence-corrected chi connectivity index (χ2v) is 4.60. The van der Waals surface area contributed by atoms with E-state index in [1.807, 2.05) is 0 Å². The molecule has 2 aliphatic carbocycles. The van der Waals surface area contributed by atoms with Gasteiger partial charge in [0.05, 0.1) is 0 Å². The summed E-state index contributed by atoms with van der Waals surface area (Å²) >= 11 is 0. The van der Waals surface area contributed by atoms with Crippen molar-refractivity contribution in [3.63, 3.8) is 0 Å². The minimum absolute atomic E-state index is 0.784. The zero-order valence-corrected chi connectivity index (χ0v) is 7.11. The SMILES string of the molecule is C[C]1CCC1CC1(C)CC1. The molecule has 2 rings (SSSR count). The number of hydrogen-bond acceptors (Lipinski definition) is 0. The van der Waals surface area contributed by atoms with Crippen LogP contribution in [0.2, 0.25) is 0 Å². The highest BCUT2D eigenvalue weighted by atomic mass is 14.5. The summed E-state index contributed by atoms with van der Waals surface area (Å²) < 4.78 is 0. The summed E-state index contributed by atoms with van der Waals surface area (Å²) in [4.78, 5) is 0. The first-order valence-corrected chi connectivity index (χ1v) is 4.52. The molecule has 0 bridgehead atoms. The van der Waals surface area contributed by atoms with Gasteiger partial charge in [-0.25, -0.2) is 0 Å². The molecule has 0 heterocycles. The summed E-state index contributed by atoms with van der Waals surface area (Å²) in [7, 11) is 0. The Kier molecular flexibility index (Phi) is 1.33. The van der Waals surface area contributed by atoms with Gasteiger partial charge in [0.25, 0.3) is 0 Å². The summed E-state index contributed by atoms with van der Waals surface area (Å²) in [5.41, 5.74) is 0.784. The Labute approximate surface area is 64.0 Å². The van der Waals surface area contributed by atoms with Crippen molar-refractivity contribution in [3.05, 3.63) is 5.92 Å². The molecule has 2 aliphatic rings. The van der Waals surface area contributed by atoms with Gasteiger partial charge in [0, 0.05) is 0 Å². The molecule has 0 spiro atoms. The molecular formula is C10H17. The Bertz CT molecular complexity index is 133. The fraction of sp³-hybridized carbons (Fsp3) is 0.900. The lowest BCUT2D eigenvalue weighted by Gasteiger charge is -2.35. The highest BCUT2D eigenvalue weighted by Crippen LogP contribution is 2.54. The van der Waals surface area contributed by atoms with E-state index in [9.17, 15) is 0 Å². The van der Waals surface area contributed by atoms with Crippen molar-refractivity contribution in [2.75, 3.05) is 0 Å². The van der Waals surface area contributed by atoms with Crippen LogP contribution in [0.5, 0.6) is 0 Å². The van der Waals surface area contributed by atoms with Crippen molar-refractivity contribution >= 4 is 0 Å². The third kappa shape index (κ3) is 1.09. The highest BCUT2D eigenvalue weighted by molar-refractivity contribution is 5.05. The Morgan fingerprint density at radius 3 is 2.50 bits per heavy atom. The molecule has 0 aliphatic heterocycles. The van der Waals surface area contributed by atoms with E-state index in [2.05, 4.69) is 13.8 Å². The predicted molar refractivity (Wildman–Crippen MR) is 43.6 cm³/mol. The maximum Gasteiger partial charge on any atom is -0.0241 e. The Hall–Kier alpha value is 0. The van der Waals surface area contributed by atoms with Crippen LogP contribution in [0.15, 0.2) is 0 Å². The maximum absolute atomic E-state index is 2.44. The number of hydrogen-bond donors (Lipinski definition) is 0. The van der Waals surface area contributed by atoms with Gasteiger partial charge < -0.3 is 0 Å². The average molecular weight is 137 g/mol. The average Bonchev–Trinajstić information content (AvgIpc) is 2.61. The largest absolute Gasteiger partial charge is 0.0596 e. The number of rotatable bonds is 2. The molecule has 0 saturated heterocycles. The summed E-state index contributed by atoms with van der Waals surface area (Å²) in [6.07, 6.45) is 7.40. The monoisotopic (exact) mass is 137 g/mol. The van der Waals surface area contributed by atoms with E-state index in [-0.39, 0.29) is 0 Å². The summed E-state index contributed by atoms with van der Waals surface area (Å²) in [6, 6.07) is 0. The zero-order valence-electron chi connectivity index (χ0n) is 7.11. The normalized spacial score (nSPS) is 37.2. The van der Waals surface area contributed by atoms with Crippen LogP contribution in [0.4, 0.5) is 0 Å². The van der Waals surface area contributed by atoms with E-state index in [1.54, 1.807) is 5.92 Å². The topological polar surface area (TPSA) is 0 Å². The van der Waals surface area contributed by atoms with E-state index in [0.29, 0.717) is 0 Å². The van der Waals surface area contributed by atoms with Crippen LogP contribution in [0.25, 0.3) is 0 Å². The van der Waals surface area contributed by atoms with Gasteiger partial charge >= 0.3 is 0 Å². The van der Waals surface area contributed by atoms with Crippen molar-refractivity contribution in [1.82, 2.24) is 0 Å². The first kappa shape index (κ1) is 6.69.